The predicted octanol–water partition coefficient (Wildman–Crippen LogP) is 3.08. The fourth-order valence-electron chi connectivity index (χ4n) is 2.95. The van der Waals surface area contributed by atoms with Crippen LogP contribution in [0.3, 0.4) is 0 Å². The van der Waals surface area contributed by atoms with Gasteiger partial charge in [0.25, 0.3) is 5.89 Å². The van der Waals surface area contributed by atoms with E-state index in [9.17, 15) is 0 Å². The van der Waals surface area contributed by atoms with Crippen molar-refractivity contribution in [2.75, 3.05) is 0 Å². The van der Waals surface area contributed by atoms with Crippen LogP contribution in [0.15, 0.2) is 38.6 Å². The maximum absolute atomic E-state index is 6.36. The zero-order valence-corrected chi connectivity index (χ0v) is 14.3. The summed E-state index contributed by atoms with van der Waals surface area (Å²) in [6.07, 6.45) is 7.71. The fraction of sp³-hybridized carbons (Fsp3) is 0.438. The molecule has 1 fully saturated rings. The van der Waals surface area contributed by atoms with Crippen LogP contribution in [0.4, 0.5) is 0 Å². The topological polar surface area (TPSA) is 95.9 Å². The standard InChI is InChI=1S/C16H19N5O2S/c1-21-9-8-18-15(21)24-10-11-4-5-12(22-11)13-19-14(20-23-13)16(17)6-2-3-7-16/h4-5,8-9H,2-3,6-7,10,17H2,1H3. The van der Waals surface area contributed by atoms with Crippen LogP contribution in [0.5, 0.6) is 0 Å². The Balaban J connectivity index is 1.47. The van der Waals surface area contributed by atoms with E-state index in [0.717, 1.165) is 36.6 Å². The van der Waals surface area contributed by atoms with Crippen LogP contribution < -0.4 is 5.73 Å². The van der Waals surface area contributed by atoms with Crippen LogP contribution in [0.2, 0.25) is 0 Å². The lowest BCUT2D eigenvalue weighted by Gasteiger charge is -2.17. The minimum atomic E-state index is -0.453. The molecule has 0 aromatic carbocycles. The van der Waals surface area contributed by atoms with Gasteiger partial charge in [0.1, 0.15) is 5.76 Å². The van der Waals surface area contributed by atoms with E-state index in [0.29, 0.717) is 23.2 Å². The first-order chi connectivity index (χ1) is 11.6. The number of aromatic nitrogens is 4. The third-order valence-electron chi connectivity index (χ3n) is 4.36. The van der Waals surface area contributed by atoms with Gasteiger partial charge in [-0.25, -0.2) is 4.98 Å². The molecule has 24 heavy (non-hydrogen) atoms. The van der Waals surface area contributed by atoms with Crippen molar-refractivity contribution in [1.82, 2.24) is 19.7 Å². The molecule has 1 aliphatic rings. The molecule has 1 saturated carbocycles. The van der Waals surface area contributed by atoms with Gasteiger partial charge in [-0.1, -0.05) is 29.8 Å². The number of aryl methyl sites for hydroxylation is 1. The normalized spacial score (nSPS) is 16.8. The van der Waals surface area contributed by atoms with Crippen LogP contribution in [-0.4, -0.2) is 19.7 Å². The van der Waals surface area contributed by atoms with Crippen molar-refractivity contribution in [3.63, 3.8) is 0 Å². The summed E-state index contributed by atoms with van der Waals surface area (Å²) in [5.74, 6) is 3.06. The summed E-state index contributed by atoms with van der Waals surface area (Å²) in [6, 6.07) is 3.77. The van der Waals surface area contributed by atoms with E-state index in [-0.39, 0.29) is 0 Å². The largest absolute Gasteiger partial charge is 0.455 e. The molecule has 0 unspecified atom stereocenters. The van der Waals surface area contributed by atoms with Gasteiger partial charge in [-0.3, -0.25) is 0 Å². The average molecular weight is 345 g/mol. The number of thioether (sulfide) groups is 1. The lowest BCUT2D eigenvalue weighted by atomic mass is 9.99. The van der Waals surface area contributed by atoms with E-state index in [1.54, 1.807) is 18.0 Å². The van der Waals surface area contributed by atoms with Crippen molar-refractivity contribution in [3.8, 4) is 11.7 Å². The Labute approximate surface area is 143 Å². The van der Waals surface area contributed by atoms with Crippen LogP contribution in [0, 0.1) is 0 Å². The number of hydrogen-bond donors (Lipinski definition) is 1. The Morgan fingerprint density at radius 1 is 1.33 bits per heavy atom. The van der Waals surface area contributed by atoms with Gasteiger partial charge in [0.05, 0.1) is 11.3 Å². The maximum Gasteiger partial charge on any atom is 0.293 e. The summed E-state index contributed by atoms with van der Waals surface area (Å²) in [5.41, 5.74) is 5.91. The molecule has 0 radical (unpaired) electrons. The van der Waals surface area contributed by atoms with E-state index in [4.69, 9.17) is 14.7 Å². The van der Waals surface area contributed by atoms with Gasteiger partial charge in [0.2, 0.25) is 0 Å². The van der Waals surface area contributed by atoms with E-state index >= 15 is 0 Å². The zero-order valence-electron chi connectivity index (χ0n) is 13.4. The molecule has 3 aromatic rings. The molecule has 2 N–H and O–H groups in total. The summed E-state index contributed by atoms with van der Waals surface area (Å²) < 4.78 is 13.1. The van der Waals surface area contributed by atoms with Gasteiger partial charge in [-0.05, 0) is 25.0 Å². The van der Waals surface area contributed by atoms with E-state index in [1.807, 2.05) is 29.9 Å². The summed E-state index contributed by atoms with van der Waals surface area (Å²) in [6.45, 7) is 0. The van der Waals surface area contributed by atoms with E-state index in [1.165, 1.54) is 0 Å². The van der Waals surface area contributed by atoms with Crippen LogP contribution >= 0.6 is 11.8 Å². The second kappa shape index (κ2) is 6.10. The Morgan fingerprint density at radius 2 is 2.17 bits per heavy atom. The van der Waals surface area contributed by atoms with E-state index < -0.39 is 5.54 Å². The van der Waals surface area contributed by atoms with Crippen LogP contribution in [-0.2, 0) is 18.3 Å². The highest BCUT2D eigenvalue weighted by atomic mass is 32.2. The van der Waals surface area contributed by atoms with Crippen LogP contribution in [0.25, 0.3) is 11.7 Å². The Kier molecular flexibility index (Phi) is 3.93. The zero-order chi connectivity index (χ0) is 16.6. The molecule has 0 atom stereocenters. The first kappa shape index (κ1) is 15.5. The summed E-state index contributed by atoms with van der Waals surface area (Å²) in [7, 11) is 1.97. The van der Waals surface area contributed by atoms with Crippen molar-refractivity contribution in [2.24, 2.45) is 12.8 Å². The molecule has 0 bridgehead atoms. The number of nitrogens with two attached hydrogens (primary N) is 1. The third kappa shape index (κ3) is 2.87. The summed E-state index contributed by atoms with van der Waals surface area (Å²) in [4.78, 5) is 8.73. The molecular weight excluding hydrogens is 326 g/mol. The number of furan rings is 1. The lowest BCUT2D eigenvalue weighted by molar-refractivity contribution is 0.367. The lowest BCUT2D eigenvalue weighted by Crippen LogP contribution is -2.34. The summed E-state index contributed by atoms with van der Waals surface area (Å²) in [5, 5.41) is 5.01. The second-order valence-corrected chi connectivity index (χ2v) is 7.10. The molecule has 126 valence electrons. The van der Waals surface area contributed by atoms with Gasteiger partial charge in [-0.15, -0.1) is 0 Å². The first-order valence-electron chi connectivity index (χ1n) is 7.96. The third-order valence-corrected chi connectivity index (χ3v) is 5.44. The van der Waals surface area contributed by atoms with Crippen molar-refractivity contribution < 1.29 is 8.94 Å². The Hall–Kier alpha value is -2.06. The van der Waals surface area contributed by atoms with Crippen molar-refractivity contribution in [1.29, 1.82) is 0 Å². The molecule has 7 nitrogen and oxygen atoms in total. The number of rotatable bonds is 5. The first-order valence-corrected chi connectivity index (χ1v) is 8.95. The minimum Gasteiger partial charge on any atom is -0.455 e. The molecule has 3 aromatic heterocycles. The molecule has 1 aliphatic carbocycles. The highest BCUT2D eigenvalue weighted by Crippen LogP contribution is 2.35. The van der Waals surface area contributed by atoms with E-state index in [2.05, 4.69) is 15.1 Å². The summed E-state index contributed by atoms with van der Waals surface area (Å²) >= 11 is 1.61. The van der Waals surface area contributed by atoms with Gasteiger partial charge >= 0.3 is 0 Å². The Morgan fingerprint density at radius 3 is 2.92 bits per heavy atom. The maximum atomic E-state index is 6.36. The van der Waals surface area contributed by atoms with Gasteiger partial charge in [0, 0.05) is 19.4 Å². The monoisotopic (exact) mass is 345 g/mol. The molecule has 0 saturated heterocycles. The highest BCUT2D eigenvalue weighted by molar-refractivity contribution is 7.98. The smallest absolute Gasteiger partial charge is 0.293 e. The van der Waals surface area contributed by atoms with Gasteiger partial charge in [0.15, 0.2) is 16.7 Å². The Bertz CT molecular complexity index is 831. The molecular formula is C16H19N5O2S. The second-order valence-electron chi connectivity index (χ2n) is 6.16. The number of imidazole rings is 1. The molecule has 0 amide bonds. The minimum absolute atomic E-state index is 0.384. The number of hydrogen-bond acceptors (Lipinski definition) is 7. The molecule has 0 aliphatic heterocycles. The quantitative estimate of drug-likeness (QED) is 0.710. The van der Waals surface area contributed by atoms with Crippen molar-refractivity contribution in [3.05, 3.63) is 36.1 Å². The van der Waals surface area contributed by atoms with Crippen molar-refractivity contribution in [2.45, 2.75) is 42.1 Å². The van der Waals surface area contributed by atoms with Gasteiger partial charge in [-0.2, -0.15) is 4.98 Å². The average Bonchev–Trinajstić information content (AvgIpc) is 3.33. The van der Waals surface area contributed by atoms with Crippen LogP contribution in [0.1, 0.15) is 37.3 Å². The molecule has 0 spiro atoms. The highest BCUT2D eigenvalue weighted by Gasteiger charge is 2.36. The van der Waals surface area contributed by atoms with Crippen molar-refractivity contribution >= 4 is 11.8 Å². The SMILES string of the molecule is Cn1ccnc1SCc1ccc(-c2nc(C3(N)CCCC3)no2)o1. The molecule has 3 heterocycles. The number of nitrogens with zero attached hydrogens (tertiary/aromatic N) is 4. The molecule has 8 heteroatoms. The molecule has 4 rings (SSSR count). The fourth-order valence-corrected chi connectivity index (χ4v) is 3.78. The predicted molar refractivity (Wildman–Crippen MR) is 89.1 cm³/mol. The van der Waals surface area contributed by atoms with Gasteiger partial charge < -0.3 is 19.2 Å².